The Morgan fingerprint density at radius 1 is 1.09 bits per heavy atom. The Morgan fingerprint density at radius 3 is 2.30 bits per heavy atom. The van der Waals surface area contributed by atoms with Crippen molar-refractivity contribution in [1.29, 1.82) is 0 Å². The summed E-state index contributed by atoms with van der Waals surface area (Å²) in [4.78, 5) is 39.4. The second kappa shape index (κ2) is 7.61. The zero-order chi connectivity index (χ0) is 23.4. The highest BCUT2D eigenvalue weighted by molar-refractivity contribution is 5.95. The first kappa shape index (κ1) is 21.5. The average Bonchev–Trinajstić information content (AvgIpc) is 3.48. The number of carboxylic acid groups (broad SMARTS) is 1. The van der Waals surface area contributed by atoms with Crippen LogP contribution in [0.2, 0.25) is 0 Å². The molecule has 172 valence electrons. The first-order valence-electron chi connectivity index (χ1n) is 11.4. The molecule has 5 rings (SSSR count). The van der Waals surface area contributed by atoms with E-state index in [0.717, 1.165) is 35.1 Å². The van der Waals surface area contributed by atoms with Crippen LogP contribution in [0, 0.1) is 5.92 Å². The van der Waals surface area contributed by atoms with Crippen LogP contribution in [-0.2, 0) is 14.3 Å². The summed E-state index contributed by atoms with van der Waals surface area (Å²) >= 11 is 0. The number of carbonyl (C=O) groups excluding carboxylic acids is 2. The van der Waals surface area contributed by atoms with Crippen molar-refractivity contribution in [3.05, 3.63) is 59.7 Å². The molecule has 7 heteroatoms. The van der Waals surface area contributed by atoms with Gasteiger partial charge in [-0.25, -0.2) is 9.59 Å². The molecule has 2 aromatic rings. The molecule has 33 heavy (non-hydrogen) atoms. The number of hydrogen-bond acceptors (Lipinski definition) is 4. The summed E-state index contributed by atoms with van der Waals surface area (Å²) in [6.45, 7) is 3.73. The fourth-order valence-corrected chi connectivity index (χ4v) is 5.62. The lowest BCUT2D eigenvalue weighted by atomic mass is 9.96. The summed E-state index contributed by atoms with van der Waals surface area (Å²) in [6.07, 6.45) is 1.38. The molecule has 7 nitrogen and oxygen atoms in total. The molecular formula is C26H28N2O5. The highest BCUT2D eigenvalue weighted by Gasteiger charge is 2.67. The molecule has 2 aliphatic carbocycles. The van der Waals surface area contributed by atoms with Crippen molar-refractivity contribution < 1.29 is 24.2 Å². The lowest BCUT2D eigenvalue weighted by Crippen LogP contribution is -2.62. The lowest BCUT2D eigenvalue weighted by Gasteiger charge is -2.38. The molecule has 3 aliphatic rings. The maximum absolute atomic E-state index is 13.3. The molecule has 2 atom stereocenters. The monoisotopic (exact) mass is 448 g/mol. The van der Waals surface area contributed by atoms with Crippen LogP contribution in [0.3, 0.4) is 0 Å². The number of benzene rings is 2. The number of likely N-dealkylation sites (tertiary alicyclic amines) is 1. The van der Waals surface area contributed by atoms with Crippen LogP contribution in [0.25, 0.3) is 11.1 Å². The fraction of sp³-hybridized carbons (Fsp3) is 0.423. The van der Waals surface area contributed by atoms with Gasteiger partial charge in [0.25, 0.3) is 0 Å². The van der Waals surface area contributed by atoms with Gasteiger partial charge in [0, 0.05) is 12.5 Å². The van der Waals surface area contributed by atoms with Crippen LogP contribution in [0.15, 0.2) is 48.5 Å². The van der Waals surface area contributed by atoms with Gasteiger partial charge in [0.05, 0.1) is 0 Å². The summed E-state index contributed by atoms with van der Waals surface area (Å²) in [7, 11) is 0. The van der Waals surface area contributed by atoms with Gasteiger partial charge in [-0.2, -0.15) is 0 Å². The van der Waals surface area contributed by atoms with Crippen LogP contribution in [0.4, 0.5) is 4.79 Å². The molecule has 2 aromatic carbocycles. The van der Waals surface area contributed by atoms with Crippen molar-refractivity contribution in [1.82, 2.24) is 10.2 Å². The number of ether oxygens (including phenoxy) is 1. The van der Waals surface area contributed by atoms with Crippen molar-refractivity contribution in [3.63, 3.8) is 0 Å². The quantitative estimate of drug-likeness (QED) is 0.726. The Balaban J connectivity index is 1.27. The summed E-state index contributed by atoms with van der Waals surface area (Å²) < 4.78 is 5.59. The van der Waals surface area contributed by atoms with E-state index in [0.29, 0.717) is 13.0 Å². The predicted molar refractivity (Wildman–Crippen MR) is 122 cm³/mol. The molecule has 2 amide bonds. The van der Waals surface area contributed by atoms with Gasteiger partial charge in [-0.15, -0.1) is 0 Å². The largest absolute Gasteiger partial charge is 0.479 e. The molecule has 0 unspecified atom stereocenters. The third kappa shape index (κ3) is 3.37. The zero-order valence-electron chi connectivity index (χ0n) is 18.8. The number of amides is 2. The summed E-state index contributed by atoms with van der Waals surface area (Å²) in [5.74, 6) is -1.43. The molecule has 0 bridgehead atoms. The van der Waals surface area contributed by atoms with Gasteiger partial charge in [0.2, 0.25) is 5.91 Å². The standard InChI is InChI=1S/C26H28N2O5/c1-25(2,22(29)28-13-7-8-16-14-26(16,28)23(30)31)27-24(32)33-15-21-19-11-5-3-9-17(19)18-10-4-6-12-20(18)21/h3-6,9-12,16,21H,7-8,13-15H2,1-2H3,(H,27,32)(H,30,31)/t16-,26+/m1/s1. The van der Waals surface area contributed by atoms with Gasteiger partial charge in [-0.05, 0) is 61.3 Å². The van der Waals surface area contributed by atoms with Gasteiger partial charge in [0.1, 0.15) is 17.7 Å². The molecule has 0 spiro atoms. The number of carboxylic acids is 1. The number of alkyl carbamates (subject to hydrolysis) is 1. The number of nitrogens with zero attached hydrogens (tertiary/aromatic N) is 1. The van der Waals surface area contributed by atoms with Crippen LogP contribution in [0.5, 0.6) is 0 Å². The highest BCUT2D eigenvalue weighted by Crippen LogP contribution is 2.54. The number of fused-ring (bicyclic) bond motifs is 4. The summed E-state index contributed by atoms with van der Waals surface area (Å²) in [5.41, 5.74) is 2.10. The molecule has 1 saturated heterocycles. The molecule has 2 N–H and O–H groups in total. The van der Waals surface area contributed by atoms with Gasteiger partial charge in [0.15, 0.2) is 0 Å². The smallest absolute Gasteiger partial charge is 0.408 e. The highest BCUT2D eigenvalue weighted by atomic mass is 16.5. The Bertz CT molecular complexity index is 1100. The Morgan fingerprint density at radius 2 is 1.70 bits per heavy atom. The van der Waals surface area contributed by atoms with Gasteiger partial charge >= 0.3 is 12.1 Å². The molecule has 1 saturated carbocycles. The number of carbonyl (C=O) groups is 3. The average molecular weight is 449 g/mol. The molecule has 0 radical (unpaired) electrons. The Hall–Kier alpha value is -3.35. The van der Waals surface area contributed by atoms with Gasteiger partial charge in [-0.1, -0.05) is 48.5 Å². The maximum Gasteiger partial charge on any atom is 0.408 e. The van der Waals surface area contributed by atoms with E-state index in [1.54, 1.807) is 13.8 Å². The topological polar surface area (TPSA) is 95.9 Å². The van der Waals surface area contributed by atoms with E-state index in [-0.39, 0.29) is 24.3 Å². The number of piperidine rings is 1. The lowest BCUT2D eigenvalue weighted by molar-refractivity contribution is -0.157. The van der Waals surface area contributed by atoms with Crippen molar-refractivity contribution in [2.75, 3.05) is 13.2 Å². The fourth-order valence-electron chi connectivity index (χ4n) is 5.62. The molecule has 1 aliphatic heterocycles. The number of nitrogens with one attached hydrogen (secondary N) is 1. The SMILES string of the molecule is CC(C)(NC(=O)OCC1c2ccccc2-c2ccccc21)C(=O)N1CCC[C@@H]2C[C@@]21C(=O)O. The number of aliphatic carboxylic acids is 1. The normalized spacial score (nSPS) is 23.2. The van der Waals surface area contributed by atoms with Crippen LogP contribution >= 0.6 is 0 Å². The molecule has 0 aromatic heterocycles. The third-order valence-electron chi connectivity index (χ3n) is 7.40. The van der Waals surface area contributed by atoms with Crippen molar-refractivity contribution >= 4 is 18.0 Å². The first-order valence-corrected chi connectivity index (χ1v) is 11.4. The molecule has 2 fully saturated rings. The van der Waals surface area contributed by atoms with E-state index < -0.39 is 23.1 Å². The minimum atomic E-state index is -1.28. The number of hydrogen-bond donors (Lipinski definition) is 2. The molecular weight excluding hydrogens is 420 g/mol. The molecule has 1 heterocycles. The van der Waals surface area contributed by atoms with E-state index >= 15 is 0 Å². The van der Waals surface area contributed by atoms with Crippen molar-refractivity contribution in [3.8, 4) is 11.1 Å². The van der Waals surface area contributed by atoms with Crippen molar-refractivity contribution in [2.45, 2.75) is 50.1 Å². The first-order chi connectivity index (χ1) is 15.8. The van der Waals surface area contributed by atoms with Gasteiger partial charge < -0.3 is 20.1 Å². The van der Waals surface area contributed by atoms with Crippen molar-refractivity contribution in [2.24, 2.45) is 5.92 Å². The maximum atomic E-state index is 13.3. The van der Waals surface area contributed by atoms with E-state index in [1.165, 1.54) is 4.90 Å². The Kier molecular flexibility index (Phi) is 4.96. The van der Waals surface area contributed by atoms with Crippen LogP contribution in [0.1, 0.15) is 50.2 Å². The van der Waals surface area contributed by atoms with E-state index in [4.69, 9.17) is 4.74 Å². The van der Waals surface area contributed by atoms with Crippen LogP contribution in [-0.4, -0.2) is 52.2 Å². The summed E-state index contributed by atoms with van der Waals surface area (Å²) in [5, 5.41) is 12.4. The van der Waals surface area contributed by atoms with Crippen LogP contribution < -0.4 is 5.32 Å². The third-order valence-corrected chi connectivity index (χ3v) is 7.40. The second-order valence-corrected chi connectivity index (χ2v) is 9.81. The van der Waals surface area contributed by atoms with Gasteiger partial charge in [-0.3, -0.25) is 4.79 Å². The van der Waals surface area contributed by atoms with E-state index in [2.05, 4.69) is 17.4 Å². The van der Waals surface area contributed by atoms with E-state index in [1.807, 2.05) is 36.4 Å². The summed E-state index contributed by atoms with van der Waals surface area (Å²) in [6, 6.07) is 16.2. The predicted octanol–water partition coefficient (Wildman–Crippen LogP) is 3.77. The number of rotatable bonds is 5. The minimum Gasteiger partial charge on any atom is -0.479 e. The Labute approximate surface area is 192 Å². The second-order valence-electron chi connectivity index (χ2n) is 9.81. The van der Waals surface area contributed by atoms with E-state index in [9.17, 15) is 19.5 Å². The zero-order valence-corrected chi connectivity index (χ0v) is 18.8. The minimum absolute atomic E-state index is 0.00189.